The van der Waals surface area contributed by atoms with E-state index in [1.807, 2.05) is 0 Å². The number of hydrogen-bond acceptors (Lipinski definition) is 4. The Bertz CT molecular complexity index is 437. The molecule has 2 N–H and O–H groups in total. The van der Waals surface area contributed by atoms with Gasteiger partial charge in [-0.1, -0.05) is 18.6 Å². The van der Waals surface area contributed by atoms with Gasteiger partial charge in [-0.2, -0.15) is 0 Å². The van der Waals surface area contributed by atoms with Crippen LogP contribution in [0.2, 0.25) is 0 Å². The lowest BCUT2D eigenvalue weighted by atomic mass is 10.1. The SMILES string of the molecule is CC(=O)CCCCCC(=O)/C=C\C=C/C(=O)NCCCNC(C)=O. The third kappa shape index (κ3) is 16.1. The van der Waals surface area contributed by atoms with Crippen LogP contribution >= 0.6 is 0 Å². The fraction of sp³-hybridized carbons (Fsp3) is 0.556. The first kappa shape index (κ1) is 21.8. The molecule has 0 heterocycles. The zero-order valence-electron chi connectivity index (χ0n) is 14.6. The van der Waals surface area contributed by atoms with E-state index < -0.39 is 0 Å². The molecule has 0 saturated heterocycles. The Kier molecular flexibility index (Phi) is 13.0. The summed E-state index contributed by atoms with van der Waals surface area (Å²) in [5.41, 5.74) is 0. The summed E-state index contributed by atoms with van der Waals surface area (Å²) in [7, 11) is 0. The molecule has 0 spiro atoms. The van der Waals surface area contributed by atoms with Gasteiger partial charge in [0.2, 0.25) is 11.8 Å². The standard InChI is InChI=1S/C18H28N2O4/c1-15(21)9-4-3-5-10-17(23)11-6-7-12-18(24)20-14-8-13-19-16(2)22/h6-7,11-12H,3-5,8-10,13-14H2,1-2H3,(H,19,22)(H,20,24)/b11-6-,12-7-. The highest BCUT2D eigenvalue weighted by molar-refractivity contribution is 5.91. The monoisotopic (exact) mass is 336 g/mol. The van der Waals surface area contributed by atoms with E-state index in [0.29, 0.717) is 32.4 Å². The number of allylic oxidation sites excluding steroid dienone is 3. The highest BCUT2D eigenvalue weighted by atomic mass is 16.2. The molecule has 0 aromatic carbocycles. The molecule has 0 aliphatic carbocycles. The summed E-state index contributed by atoms with van der Waals surface area (Å²) in [4.78, 5) is 44.4. The van der Waals surface area contributed by atoms with E-state index in [1.54, 1.807) is 13.0 Å². The number of hydrogen-bond donors (Lipinski definition) is 2. The molecular formula is C18H28N2O4. The maximum absolute atomic E-state index is 11.6. The quantitative estimate of drug-likeness (QED) is 0.305. The minimum Gasteiger partial charge on any atom is -0.356 e. The Morgan fingerprint density at radius 2 is 1.38 bits per heavy atom. The molecule has 0 bridgehead atoms. The van der Waals surface area contributed by atoms with Crippen LogP contribution in [0.25, 0.3) is 0 Å². The maximum Gasteiger partial charge on any atom is 0.243 e. The first-order valence-electron chi connectivity index (χ1n) is 8.31. The van der Waals surface area contributed by atoms with Gasteiger partial charge in [0, 0.05) is 38.9 Å². The second-order valence-corrected chi connectivity index (χ2v) is 5.57. The number of ketones is 2. The van der Waals surface area contributed by atoms with Gasteiger partial charge in [0.1, 0.15) is 5.78 Å². The highest BCUT2D eigenvalue weighted by Crippen LogP contribution is 2.04. The van der Waals surface area contributed by atoms with Gasteiger partial charge in [0.05, 0.1) is 0 Å². The average molecular weight is 336 g/mol. The van der Waals surface area contributed by atoms with Crippen LogP contribution in [0.15, 0.2) is 24.3 Å². The molecule has 24 heavy (non-hydrogen) atoms. The van der Waals surface area contributed by atoms with E-state index in [9.17, 15) is 19.2 Å². The average Bonchev–Trinajstić information content (AvgIpc) is 2.50. The van der Waals surface area contributed by atoms with E-state index in [2.05, 4.69) is 10.6 Å². The molecular weight excluding hydrogens is 308 g/mol. The molecule has 0 aliphatic rings. The zero-order valence-corrected chi connectivity index (χ0v) is 14.6. The molecule has 0 aliphatic heterocycles. The van der Waals surface area contributed by atoms with Crippen molar-refractivity contribution in [3.05, 3.63) is 24.3 Å². The predicted octanol–water partition coefficient (Wildman–Crippen LogP) is 1.85. The minimum absolute atomic E-state index is 0.0122. The van der Waals surface area contributed by atoms with Crippen molar-refractivity contribution in [3.63, 3.8) is 0 Å². The van der Waals surface area contributed by atoms with Gasteiger partial charge in [-0.05, 0) is 32.3 Å². The molecule has 6 nitrogen and oxygen atoms in total. The Morgan fingerprint density at radius 1 is 0.750 bits per heavy atom. The normalized spacial score (nSPS) is 10.9. The summed E-state index contributed by atoms with van der Waals surface area (Å²) in [6.45, 7) is 4.02. The Labute approximate surface area is 143 Å². The van der Waals surface area contributed by atoms with Crippen LogP contribution in [-0.2, 0) is 19.2 Å². The molecule has 0 fully saturated rings. The zero-order chi connectivity index (χ0) is 18.2. The molecule has 134 valence electrons. The van der Waals surface area contributed by atoms with Crippen molar-refractivity contribution in [1.29, 1.82) is 0 Å². The lowest BCUT2D eigenvalue weighted by molar-refractivity contribution is -0.119. The third-order valence-electron chi connectivity index (χ3n) is 3.12. The van der Waals surface area contributed by atoms with Gasteiger partial charge < -0.3 is 15.4 Å². The third-order valence-corrected chi connectivity index (χ3v) is 3.12. The highest BCUT2D eigenvalue weighted by Gasteiger charge is 1.98. The van der Waals surface area contributed by atoms with Gasteiger partial charge in [-0.3, -0.25) is 14.4 Å². The summed E-state index contributed by atoms with van der Waals surface area (Å²) in [5.74, 6) is -0.132. The van der Waals surface area contributed by atoms with E-state index in [0.717, 1.165) is 19.3 Å². The summed E-state index contributed by atoms with van der Waals surface area (Å²) in [6, 6.07) is 0. The molecule has 0 unspecified atom stereocenters. The van der Waals surface area contributed by atoms with Crippen molar-refractivity contribution < 1.29 is 19.2 Å². The van der Waals surface area contributed by atoms with Crippen molar-refractivity contribution in [1.82, 2.24) is 10.6 Å². The lowest BCUT2D eigenvalue weighted by Crippen LogP contribution is -2.27. The van der Waals surface area contributed by atoms with Crippen molar-refractivity contribution in [2.45, 2.75) is 52.4 Å². The molecule has 0 atom stereocenters. The van der Waals surface area contributed by atoms with Gasteiger partial charge in [-0.25, -0.2) is 0 Å². The molecule has 0 rings (SSSR count). The Balaban J connectivity index is 3.70. The predicted molar refractivity (Wildman–Crippen MR) is 93.4 cm³/mol. The second kappa shape index (κ2) is 14.4. The van der Waals surface area contributed by atoms with Crippen LogP contribution in [0.5, 0.6) is 0 Å². The van der Waals surface area contributed by atoms with Gasteiger partial charge in [-0.15, -0.1) is 0 Å². The minimum atomic E-state index is -0.237. The second-order valence-electron chi connectivity index (χ2n) is 5.57. The van der Waals surface area contributed by atoms with E-state index >= 15 is 0 Å². The van der Waals surface area contributed by atoms with E-state index in [4.69, 9.17) is 0 Å². The summed E-state index contributed by atoms with van der Waals surface area (Å²) in [5, 5.41) is 5.32. The molecule has 6 heteroatoms. The lowest BCUT2D eigenvalue weighted by Gasteiger charge is -2.02. The van der Waals surface area contributed by atoms with Crippen LogP contribution in [0, 0.1) is 0 Å². The first-order valence-corrected chi connectivity index (χ1v) is 8.31. The van der Waals surface area contributed by atoms with Gasteiger partial charge in [0.15, 0.2) is 5.78 Å². The molecule has 0 radical (unpaired) electrons. The van der Waals surface area contributed by atoms with Crippen LogP contribution in [-0.4, -0.2) is 36.5 Å². The summed E-state index contributed by atoms with van der Waals surface area (Å²) in [6.07, 6.45) is 10.0. The van der Waals surface area contributed by atoms with E-state index in [1.165, 1.54) is 25.2 Å². The smallest absolute Gasteiger partial charge is 0.243 e. The fourth-order valence-corrected chi connectivity index (χ4v) is 1.86. The number of carbonyl (C=O) groups is 4. The van der Waals surface area contributed by atoms with Crippen LogP contribution in [0.4, 0.5) is 0 Å². The van der Waals surface area contributed by atoms with Crippen molar-refractivity contribution in [2.24, 2.45) is 0 Å². The van der Waals surface area contributed by atoms with Gasteiger partial charge in [0.25, 0.3) is 0 Å². The number of amides is 2. The molecule has 0 saturated carbocycles. The number of Topliss-reactive ketones (excluding diaryl/α,β-unsaturated/α-hetero) is 1. The summed E-state index contributed by atoms with van der Waals surface area (Å²) >= 11 is 0. The molecule has 0 aromatic heterocycles. The Hall–Kier alpha value is -2.24. The largest absolute Gasteiger partial charge is 0.356 e. The number of nitrogens with one attached hydrogen (secondary N) is 2. The maximum atomic E-state index is 11.6. The van der Waals surface area contributed by atoms with Crippen molar-refractivity contribution >= 4 is 23.4 Å². The van der Waals surface area contributed by atoms with Crippen LogP contribution in [0.1, 0.15) is 52.4 Å². The van der Waals surface area contributed by atoms with Crippen LogP contribution < -0.4 is 10.6 Å². The molecule has 2 amide bonds. The summed E-state index contributed by atoms with van der Waals surface area (Å²) < 4.78 is 0. The Morgan fingerprint density at radius 3 is 2.04 bits per heavy atom. The number of carbonyl (C=O) groups excluding carboxylic acids is 4. The fourth-order valence-electron chi connectivity index (χ4n) is 1.86. The van der Waals surface area contributed by atoms with E-state index in [-0.39, 0.29) is 23.4 Å². The van der Waals surface area contributed by atoms with Crippen LogP contribution in [0.3, 0.4) is 0 Å². The topological polar surface area (TPSA) is 92.3 Å². The van der Waals surface area contributed by atoms with Gasteiger partial charge >= 0.3 is 0 Å². The number of unbranched alkanes of at least 4 members (excludes halogenated alkanes) is 2. The molecule has 0 aromatic rings. The van der Waals surface area contributed by atoms with Crippen molar-refractivity contribution in [3.8, 4) is 0 Å². The first-order chi connectivity index (χ1) is 11.4. The number of rotatable bonds is 13. The van der Waals surface area contributed by atoms with Crippen molar-refractivity contribution in [2.75, 3.05) is 13.1 Å².